The summed E-state index contributed by atoms with van der Waals surface area (Å²) in [5.74, 6) is 0. The van der Waals surface area contributed by atoms with Crippen molar-refractivity contribution >= 4 is 0 Å². The van der Waals surface area contributed by atoms with Gasteiger partial charge in [-0.05, 0) is 20.8 Å². The molecule has 0 saturated carbocycles. The van der Waals surface area contributed by atoms with Gasteiger partial charge in [0, 0.05) is 25.6 Å². The lowest BCUT2D eigenvalue weighted by atomic mass is 10.7. The van der Waals surface area contributed by atoms with E-state index in [0.717, 1.165) is 13.2 Å². The molecule has 1 aromatic rings. The van der Waals surface area contributed by atoms with Gasteiger partial charge in [-0.3, -0.25) is 0 Å². The molecule has 1 heterocycles. The second-order valence-electron chi connectivity index (χ2n) is 2.24. The molecule has 4 nitrogen and oxygen atoms in total. The third-order valence-corrected chi connectivity index (χ3v) is 1.21. The third kappa shape index (κ3) is 15.6. The maximum Gasteiger partial charge on any atom is 0.154 e. The molecule has 0 radical (unpaired) electrons. The quantitative estimate of drug-likeness (QED) is 0.619. The van der Waals surface area contributed by atoms with Gasteiger partial charge >= 0.3 is 0 Å². The summed E-state index contributed by atoms with van der Waals surface area (Å²) in [5, 5.41) is 0. The van der Waals surface area contributed by atoms with Crippen LogP contribution in [-0.2, 0) is 9.47 Å². The van der Waals surface area contributed by atoms with E-state index in [9.17, 15) is 0 Å². The van der Waals surface area contributed by atoms with E-state index in [4.69, 9.17) is 9.47 Å². The molecule has 0 bridgehead atoms. The van der Waals surface area contributed by atoms with E-state index in [2.05, 4.69) is 23.1 Å². The van der Waals surface area contributed by atoms with Crippen LogP contribution in [0.15, 0.2) is 31.9 Å². The summed E-state index contributed by atoms with van der Waals surface area (Å²) in [5.41, 5.74) is 0. The number of H-pyrrole nitrogens is 1. The van der Waals surface area contributed by atoms with Crippen LogP contribution in [0.25, 0.3) is 0 Å². The monoisotopic (exact) mass is 214 g/mol. The molecule has 4 heteroatoms. The first-order chi connectivity index (χ1) is 7.31. The topological polar surface area (TPSA) is 47.1 Å². The van der Waals surface area contributed by atoms with Crippen molar-refractivity contribution in [1.82, 2.24) is 9.97 Å². The second kappa shape index (κ2) is 15.3. The number of rotatable bonds is 4. The first kappa shape index (κ1) is 16.3. The third-order valence-electron chi connectivity index (χ3n) is 1.21. The molecule has 0 spiro atoms. The van der Waals surface area contributed by atoms with Gasteiger partial charge in [-0.25, -0.2) is 4.98 Å². The molecule has 0 saturated heterocycles. The van der Waals surface area contributed by atoms with Crippen molar-refractivity contribution in [2.24, 2.45) is 0 Å². The molecule has 0 amide bonds. The first-order valence-electron chi connectivity index (χ1n) is 4.97. The van der Waals surface area contributed by atoms with Gasteiger partial charge in [-0.15, -0.1) is 13.2 Å². The average Bonchev–Trinajstić information content (AvgIpc) is 2.80. The number of ether oxygens (including phenoxy) is 2. The Morgan fingerprint density at radius 1 is 1.27 bits per heavy atom. The van der Waals surface area contributed by atoms with Crippen molar-refractivity contribution in [3.8, 4) is 0 Å². The highest BCUT2D eigenvalue weighted by Gasteiger charge is 1.94. The van der Waals surface area contributed by atoms with Crippen LogP contribution in [0, 0.1) is 0 Å². The van der Waals surface area contributed by atoms with Crippen molar-refractivity contribution < 1.29 is 9.47 Å². The Balaban J connectivity index is 0. The van der Waals surface area contributed by atoms with Crippen LogP contribution in [0.4, 0.5) is 0 Å². The lowest BCUT2D eigenvalue weighted by Gasteiger charge is -2.09. The lowest BCUT2D eigenvalue weighted by Crippen LogP contribution is -2.11. The van der Waals surface area contributed by atoms with Gasteiger partial charge in [-0.1, -0.05) is 0 Å². The molecule has 0 fully saturated rings. The van der Waals surface area contributed by atoms with Crippen molar-refractivity contribution in [2.75, 3.05) is 13.2 Å². The number of aromatic amines is 1. The Labute approximate surface area is 92.3 Å². The fourth-order valence-corrected chi connectivity index (χ4v) is 0.733. The Kier molecular flexibility index (Phi) is 16.7. The maximum atomic E-state index is 5.06. The summed E-state index contributed by atoms with van der Waals surface area (Å²) in [7, 11) is 0. The van der Waals surface area contributed by atoms with Gasteiger partial charge in [0.1, 0.15) is 0 Å². The lowest BCUT2D eigenvalue weighted by molar-refractivity contribution is -0.123. The average molecular weight is 214 g/mol. The van der Waals surface area contributed by atoms with Crippen LogP contribution in [0.5, 0.6) is 0 Å². The van der Waals surface area contributed by atoms with Crippen LogP contribution in [0.2, 0.25) is 0 Å². The molecular weight excluding hydrogens is 192 g/mol. The van der Waals surface area contributed by atoms with Crippen molar-refractivity contribution in [2.45, 2.75) is 27.1 Å². The van der Waals surface area contributed by atoms with Crippen molar-refractivity contribution in [3.05, 3.63) is 31.9 Å². The van der Waals surface area contributed by atoms with Crippen molar-refractivity contribution in [1.29, 1.82) is 0 Å². The van der Waals surface area contributed by atoms with Crippen LogP contribution in [0.1, 0.15) is 20.8 Å². The van der Waals surface area contributed by atoms with Crippen LogP contribution in [-0.4, -0.2) is 29.5 Å². The Morgan fingerprint density at radius 2 is 1.80 bits per heavy atom. The van der Waals surface area contributed by atoms with Gasteiger partial charge in [0.15, 0.2) is 6.29 Å². The predicted molar refractivity (Wildman–Crippen MR) is 62.6 cm³/mol. The fraction of sp³-hybridized carbons (Fsp3) is 0.545. The molecule has 1 rings (SSSR count). The molecule has 0 unspecified atom stereocenters. The normalized spacial score (nSPS) is 8.53. The van der Waals surface area contributed by atoms with E-state index in [1.807, 2.05) is 20.8 Å². The summed E-state index contributed by atoms with van der Waals surface area (Å²) in [6, 6.07) is 0. The van der Waals surface area contributed by atoms with Gasteiger partial charge in [0.2, 0.25) is 0 Å². The number of nitrogens with one attached hydrogen (secondary N) is 1. The van der Waals surface area contributed by atoms with Crippen LogP contribution in [0.3, 0.4) is 0 Å². The van der Waals surface area contributed by atoms with E-state index in [-0.39, 0.29) is 6.29 Å². The zero-order valence-electron chi connectivity index (χ0n) is 9.90. The Hall–Kier alpha value is -1.13. The molecule has 1 N–H and O–H groups in total. The van der Waals surface area contributed by atoms with Crippen LogP contribution >= 0.6 is 0 Å². The summed E-state index contributed by atoms with van der Waals surface area (Å²) in [6.07, 6.45) is 5.05. The molecular formula is C11H22N2O2. The highest BCUT2D eigenvalue weighted by molar-refractivity contribution is 4.64. The zero-order valence-corrected chi connectivity index (χ0v) is 9.90. The van der Waals surface area contributed by atoms with E-state index >= 15 is 0 Å². The molecule has 0 aliphatic rings. The number of hydrogen-bond donors (Lipinski definition) is 1. The van der Waals surface area contributed by atoms with E-state index < -0.39 is 0 Å². The van der Waals surface area contributed by atoms with E-state index in [1.165, 1.54) is 0 Å². The van der Waals surface area contributed by atoms with Crippen LogP contribution < -0.4 is 0 Å². The molecule has 0 aliphatic carbocycles. The second-order valence-corrected chi connectivity index (χ2v) is 2.24. The molecule has 1 aromatic heterocycles. The summed E-state index contributed by atoms with van der Waals surface area (Å²) in [4.78, 5) is 6.42. The maximum absolute atomic E-state index is 5.06. The van der Waals surface area contributed by atoms with Gasteiger partial charge in [0.05, 0.1) is 6.33 Å². The van der Waals surface area contributed by atoms with Crippen molar-refractivity contribution in [3.63, 3.8) is 0 Å². The summed E-state index contributed by atoms with van der Waals surface area (Å²) in [6.45, 7) is 13.3. The summed E-state index contributed by atoms with van der Waals surface area (Å²) < 4.78 is 10.1. The smallest absolute Gasteiger partial charge is 0.154 e. The van der Waals surface area contributed by atoms with Gasteiger partial charge < -0.3 is 14.5 Å². The van der Waals surface area contributed by atoms with E-state index in [0.29, 0.717) is 0 Å². The number of aromatic nitrogens is 2. The SMILES string of the molecule is C=C.CCOC(C)OCC.c1c[nH]cn1. The standard InChI is InChI=1S/C6H14O2.C3H4N2.C2H4/c1-4-7-6(3)8-5-2;1-2-5-3-4-1;1-2/h6H,4-5H2,1-3H3;1-3H,(H,4,5);1-2H2. The predicted octanol–water partition coefficient (Wildman–Crippen LogP) is 2.62. The van der Waals surface area contributed by atoms with Gasteiger partial charge in [0.25, 0.3) is 0 Å². The molecule has 88 valence electrons. The summed E-state index contributed by atoms with van der Waals surface area (Å²) >= 11 is 0. The number of imidazole rings is 1. The first-order valence-corrected chi connectivity index (χ1v) is 4.97. The molecule has 0 atom stereocenters. The molecule has 0 aliphatic heterocycles. The largest absolute Gasteiger partial charge is 0.353 e. The number of hydrogen-bond acceptors (Lipinski definition) is 3. The zero-order chi connectivity index (χ0) is 11.9. The number of nitrogens with zero attached hydrogens (tertiary/aromatic N) is 1. The van der Waals surface area contributed by atoms with Gasteiger partial charge in [-0.2, -0.15) is 0 Å². The van der Waals surface area contributed by atoms with E-state index in [1.54, 1.807) is 18.7 Å². The Bertz CT molecular complexity index is 156. The highest BCUT2D eigenvalue weighted by atomic mass is 16.7. The Morgan fingerprint density at radius 3 is 2.00 bits per heavy atom. The fourth-order valence-electron chi connectivity index (χ4n) is 0.733. The molecule has 0 aromatic carbocycles. The minimum atomic E-state index is -0.0370. The highest BCUT2D eigenvalue weighted by Crippen LogP contribution is 1.90. The molecule has 15 heavy (non-hydrogen) atoms. The minimum Gasteiger partial charge on any atom is -0.353 e. The minimum absolute atomic E-state index is 0.0370.